The number of hydrogen-bond donors (Lipinski definition) is 0. The summed E-state index contributed by atoms with van der Waals surface area (Å²) in [6.45, 7) is 10.2. The number of aromatic nitrogens is 2. The quantitative estimate of drug-likeness (QED) is 0.322. The van der Waals surface area contributed by atoms with Gasteiger partial charge in [0.25, 0.3) is 0 Å². The monoisotopic (exact) mass is 416 g/mol. The van der Waals surface area contributed by atoms with E-state index in [4.69, 9.17) is 9.72 Å². The second kappa shape index (κ2) is 8.50. The van der Waals surface area contributed by atoms with E-state index < -0.39 is 5.97 Å². The molecule has 2 heterocycles. The largest absolute Gasteiger partial charge is 0.454 e. The molecular formula is C26H28N2O3. The molecule has 0 spiro atoms. The topological polar surface area (TPSA) is 61.2 Å². The van der Waals surface area contributed by atoms with Crippen LogP contribution in [0.1, 0.15) is 56.7 Å². The second-order valence-electron chi connectivity index (χ2n) is 8.46. The fourth-order valence-electron chi connectivity index (χ4n) is 4.57. The number of ketones is 1. The number of pyridine rings is 1. The summed E-state index contributed by atoms with van der Waals surface area (Å²) in [6.07, 6.45) is 4.52. The van der Waals surface area contributed by atoms with Gasteiger partial charge >= 0.3 is 5.97 Å². The van der Waals surface area contributed by atoms with Gasteiger partial charge in [-0.15, -0.1) is 6.58 Å². The minimum atomic E-state index is -0.447. The zero-order valence-corrected chi connectivity index (χ0v) is 18.4. The number of esters is 1. The number of para-hydroxylation sites is 1. The van der Waals surface area contributed by atoms with Gasteiger partial charge in [-0.2, -0.15) is 0 Å². The van der Waals surface area contributed by atoms with Crippen LogP contribution in [-0.2, 0) is 24.1 Å². The highest BCUT2D eigenvalue weighted by atomic mass is 16.5. The molecule has 1 aliphatic rings. The molecule has 0 aliphatic heterocycles. The van der Waals surface area contributed by atoms with Crippen molar-refractivity contribution < 1.29 is 14.3 Å². The third-order valence-corrected chi connectivity index (χ3v) is 6.23. The summed E-state index contributed by atoms with van der Waals surface area (Å²) in [5, 5.41) is 0.789. The molecule has 1 unspecified atom stereocenters. The van der Waals surface area contributed by atoms with E-state index in [0.29, 0.717) is 23.6 Å². The van der Waals surface area contributed by atoms with Gasteiger partial charge in [-0.25, -0.2) is 4.79 Å². The number of benzene rings is 1. The molecule has 0 saturated carbocycles. The summed E-state index contributed by atoms with van der Waals surface area (Å²) in [6, 6.07) is 9.50. The average molecular weight is 417 g/mol. The van der Waals surface area contributed by atoms with E-state index in [9.17, 15) is 9.59 Å². The van der Waals surface area contributed by atoms with Crippen molar-refractivity contribution in [2.75, 3.05) is 6.61 Å². The normalized spacial score (nSPS) is 15.5. The third kappa shape index (κ3) is 3.92. The molecule has 1 aliphatic carbocycles. The van der Waals surface area contributed by atoms with Crippen LogP contribution >= 0.6 is 0 Å². The van der Waals surface area contributed by atoms with Gasteiger partial charge in [0.1, 0.15) is 0 Å². The Morgan fingerprint density at radius 1 is 1.29 bits per heavy atom. The van der Waals surface area contributed by atoms with Crippen LogP contribution in [0.5, 0.6) is 0 Å². The minimum absolute atomic E-state index is 0.197. The maximum Gasteiger partial charge on any atom is 0.339 e. The van der Waals surface area contributed by atoms with E-state index in [1.807, 2.05) is 48.7 Å². The van der Waals surface area contributed by atoms with E-state index in [2.05, 4.69) is 13.5 Å². The van der Waals surface area contributed by atoms with E-state index in [1.165, 1.54) is 0 Å². The maximum absolute atomic E-state index is 13.2. The zero-order chi connectivity index (χ0) is 22.1. The molecule has 1 atom stereocenters. The number of Topliss-reactive ketones (excluding diaryl/α,β-unsaturated/α-hetero) is 1. The summed E-state index contributed by atoms with van der Waals surface area (Å²) in [5.74, 6) is -0.159. The van der Waals surface area contributed by atoms with E-state index in [0.717, 1.165) is 52.8 Å². The van der Waals surface area contributed by atoms with Gasteiger partial charge in [-0.1, -0.05) is 31.2 Å². The Morgan fingerprint density at radius 3 is 2.84 bits per heavy atom. The third-order valence-electron chi connectivity index (χ3n) is 6.23. The van der Waals surface area contributed by atoms with Gasteiger partial charge in [0, 0.05) is 34.6 Å². The Kier molecular flexibility index (Phi) is 5.77. The molecular weight excluding hydrogens is 388 g/mol. The van der Waals surface area contributed by atoms with E-state index in [-0.39, 0.29) is 12.4 Å². The Labute approximate surface area is 182 Å². The number of fused-ring (bicyclic) bond motifs is 2. The van der Waals surface area contributed by atoms with Gasteiger partial charge in [-0.3, -0.25) is 9.78 Å². The van der Waals surface area contributed by atoms with Crippen molar-refractivity contribution in [1.82, 2.24) is 9.55 Å². The summed E-state index contributed by atoms with van der Waals surface area (Å²) >= 11 is 0. The lowest BCUT2D eigenvalue weighted by atomic mass is 9.84. The van der Waals surface area contributed by atoms with Crippen molar-refractivity contribution in [1.29, 1.82) is 0 Å². The van der Waals surface area contributed by atoms with Crippen LogP contribution in [0.15, 0.2) is 43.0 Å². The molecule has 0 saturated heterocycles. The molecule has 160 valence electrons. The first-order chi connectivity index (χ1) is 14.9. The lowest BCUT2D eigenvalue weighted by molar-refractivity contribution is 0.0474. The molecule has 3 aromatic rings. The first-order valence-corrected chi connectivity index (χ1v) is 10.8. The van der Waals surface area contributed by atoms with Crippen LogP contribution in [0, 0.1) is 19.8 Å². The van der Waals surface area contributed by atoms with Crippen LogP contribution in [0.2, 0.25) is 0 Å². The molecule has 5 heteroatoms. The summed E-state index contributed by atoms with van der Waals surface area (Å²) in [5.41, 5.74) is 5.73. The smallest absolute Gasteiger partial charge is 0.339 e. The molecule has 0 N–H and O–H groups in total. The van der Waals surface area contributed by atoms with Crippen molar-refractivity contribution in [3.05, 3.63) is 76.8 Å². The number of rotatable bonds is 6. The molecule has 0 bridgehead atoms. The number of ether oxygens (including phenoxy) is 1. The summed E-state index contributed by atoms with van der Waals surface area (Å²) < 4.78 is 7.60. The Balaban J connectivity index is 1.62. The standard InChI is InChI=1S/C26H28N2O3/c1-5-12-28-17(3)14-20(18(28)4)24(29)15-31-26(30)25-19-8-6-7-9-22(19)27-23-11-10-16(2)13-21(23)25/h5-9,14,16H,1,10-13,15H2,2-4H3. The van der Waals surface area contributed by atoms with Crippen LogP contribution in [0.25, 0.3) is 10.9 Å². The van der Waals surface area contributed by atoms with Crippen LogP contribution < -0.4 is 0 Å². The Hall–Kier alpha value is -3.21. The number of carbonyl (C=O) groups excluding carboxylic acids is 2. The molecule has 1 aromatic carbocycles. The van der Waals surface area contributed by atoms with Crippen molar-refractivity contribution in [3.63, 3.8) is 0 Å². The molecule has 0 amide bonds. The number of hydrogen-bond acceptors (Lipinski definition) is 4. The first-order valence-electron chi connectivity index (χ1n) is 10.8. The Morgan fingerprint density at radius 2 is 2.06 bits per heavy atom. The predicted octanol–water partition coefficient (Wildman–Crippen LogP) is 5.00. The zero-order valence-electron chi connectivity index (χ0n) is 18.4. The fourth-order valence-corrected chi connectivity index (χ4v) is 4.57. The lowest BCUT2D eigenvalue weighted by Crippen LogP contribution is -2.21. The van der Waals surface area contributed by atoms with Crippen LogP contribution in [0.3, 0.4) is 0 Å². The highest BCUT2D eigenvalue weighted by Crippen LogP contribution is 2.32. The second-order valence-corrected chi connectivity index (χ2v) is 8.46. The molecule has 0 radical (unpaired) electrons. The lowest BCUT2D eigenvalue weighted by Gasteiger charge is -2.24. The van der Waals surface area contributed by atoms with Crippen molar-refractivity contribution in [2.24, 2.45) is 5.92 Å². The molecule has 2 aromatic heterocycles. The number of carbonyl (C=O) groups is 2. The average Bonchev–Trinajstić information content (AvgIpc) is 3.04. The van der Waals surface area contributed by atoms with Gasteiger partial charge in [0.2, 0.25) is 5.78 Å². The van der Waals surface area contributed by atoms with Gasteiger partial charge in [-0.05, 0) is 56.7 Å². The predicted molar refractivity (Wildman–Crippen MR) is 122 cm³/mol. The van der Waals surface area contributed by atoms with Crippen molar-refractivity contribution in [2.45, 2.75) is 46.6 Å². The molecule has 0 fully saturated rings. The Bertz CT molecular complexity index is 1190. The van der Waals surface area contributed by atoms with Gasteiger partial charge < -0.3 is 9.30 Å². The fraction of sp³-hybridized carbons (Fsp3) is 0.346. The highest BCUT2D eigenvalue weighted by molar-refractivity contribution is 6.06. The van der Waals surface area contributed by atoms with E-state index >= 15 is 0 Å². The number of aryl methyl sites for hydroxylation is 2. The molecule has 31 heavy (non-hydrogen) atoms. The summed E-state index contributed by atoms with van der Waals surface area (Å²) in [7, 11) is 0. The van der Waals surface area contributed by atoms with Crippen molar-refractivity contribution in [3.8, 4) is 0 Å². The van der Waals surface area contributed by atoms with Gasteiger partial charge in [0.15, 0.2) is 6.61 Å². The molecule has 4 rings (SSSR count). The number of nitrogens with zero attached hydrogens (tertiary/aromatic N) is 2. The van der Waals surface area contributed by atoms with Crippen LogP contribution in [-0.4, -0.2) is 27.9 Å². The SMILES string of the molecule is C=CCn1c(C)cc(C(=O)COC(=O)c2c3c(nc4ccccc24)CCC(C)C3)c1C. The molecule has 5 nitrogen and oxygen atoms in total. The minimum Gasteiger partial charge on any atom is -0.454 e. The van der Waals surface area contributed by atoms with Gasteiger partial charge in [0.05, 0.1) is 11.1 Å². The van der Waals surface area contributed by atoms with Crippen molar-refractivity contribution >= 4 is 22.7 Å². The highest BCUT2D eigenvalue weighted by Gasteiger charge is 2.27. The number of allylic oxidation sites excluding steroid dienone is 1. The maximum atomic E-state index is 13.2. The van der Waals surface area contributed by atoms with Crippen LogP contribution in [0.4, 0.5) is 0 Å². The van der Waals surface area contributed by atoms with E-state index in [1.54, 1.807) is 6.08 Å². The first kappa shape index (κ1) is 21.0. The summed E-state index contributed by atoms with van der Waals surface area (Å²) in [4.78, 5) is 30.9.